The normalized spacial score (nSPS) is 11.6. The summed E-state index contributed by atoms with van der Waals surface area (Å²) in [7, 11) is 0. The lowest BCUT2D eigenvalue weighted by molar-refractivity contribution is 0.0696. The first-order valence-corrected chi connectivity index (χ1v) is 9.67. The number of nitrogens with one attached hydrogen (secondary N) is 1. The Labute approximate surface area is 179 Å². The minimum atomic E-state index is -1.00. The minimum absolute atomic E-state index is 0.147. The molecule has 0 radical (unpaired) electrons. The van der Waals surface area contributed by atoms with Crippen molar-refractivity contribution < 1.29 is 19.4 Å². The molecule has 3 aromatic rings. The minimum Gasteiger partial charge on any atom is -0.478 e. The number of nitrogens with zero attached hydrogens (tertiary/aromatic N) is 1. The van der Waals surface area contributed by atoms with E-state index >= 15 is 0 Å². The maximum absolute atomic E-state index is 12.9. The van der Waals surface area contributed by atoms with Gasteiger partial charge in [0.15, 0.2) is 0 Å². The molecule has 0 bridgehead atoms. The van der Waals surface area contributed by atoms with E-state index in [1.54, 1.807) is 19.1 Å². The fourth-order valence-electron chi connectivity index (χ4n) is 2.83. The third-order valence-electron chi connectivity index (χ3n) is 4.76. The highest BCUT2D eigenvalue weighted by atomic mass is 35.5. The maximum Gasteiger partial charge on any atom is 0.335 e. The third kappa shape index (κ3) is 4.96. The standard InChI is InChI=1S/C23H21ClN2O4/c1-13-4-9-19(10-14(13)2)30-22-20(11-18(24)12-25-22)21(27)26-15(3)16-5-7-17(8-6-16)23(28)29/h4-12,15H,1-3H3,(H,26,27)(H,28,29)/t15-/m0/s1. The topological polar surface area (TPSA) is 88.5 Å². The molecule has 0 unspecified atom stereocenters. The molecule has 0 saturated heterocycles. The van der Waals surface area contributed by atoms with E-state index in [1.165, 1.54) is 24.4 Å². The summed E-state index contributed by atoms with van der Waals surface area (Å²) in [4.78, 5) is 28.1. The molecule has 2 N–H and O–H groups in total. The first-order valence-electron chi connectivity index (χ1n) is 9.29. The number of ether oxygens (including phenoxy) is 1. The Bertz CT molecular complexity index is 1100. The predicted octanol–water partition coefficient (Wildman–Crippen LogP) is 5.33. The summed E-state index contributed by atoms with van der Waals surface area (Å²) in [5, 5.41) is 12.2. The number of aromatic carboxylic acids is 1. The van der Waals surface area contributed by atoms with Gasteiger partial charge in [-0.1, -0.05) is 29.8 Å². The molecule has 30 heavy (non-hydrogen) atoms. The molecule has 1 atom stereocenters. The summed E-state index contributed by atoms with van der Waals surface area (Å²) in [5.41, 5.74) is 3.34. The molecule has 1 amide bonds. The van der Waals surface area contributed by atoms with Crippen molar-refractivity contribution in [2.24, 2.45) is 0 Å². The molecule has 154 valence electrons. The van der Waals surface area contributed by atoms with Crippen LogP contribution in [0.3, 0.4) is 0 Å². The molecule has 2 aromatic carbocycles. The van der Waals surface area contributed by atoms with Crippen molar-refractivity contribution in [1.82, 2.24) is 10.3 Å². The van der Waals surface area contributed by atoms with Crippen molar-refractivity contribution in [1.29, 1.82) is 0 Å². The Morgan fingerprint density at radius 3 is 2.40 bits per heavy atom. The van der Waals surface area contributed by atoms with Crippen LogP contribution in [0.15, 0.2) is 54.7 Å². The molecular formula is C23H21ClN2O4. The summed E-state index contributed by atoms with van der Waals surface area (Å²) >= 11 is 6.06. The van der Waals surface area contributed by atoms with Crippen molar-refractivity contribution in [3.05, 3.63) is 87.6 Å². The van der Waals surface area contributed by atoms with Gasteiger partial charge in [0.25, 0.3) is 5.91 Å². The van der Waals surface area contributed by atoms with Gasteiger partial charge in [-0.15, -0.1) is 0 Å². The number of hydrogen-bond donors (Lipinski definition) is 2. The zero-order chi connectivity index (χ0) is 21.8. The third-order valence-corrected chi connectivity index (χ3v) is 4.97. The van der Waals surface area contributed by atoms with Crippen LogP contribution in [-0.4, -0.2) is 22.0 Å². The second kappa shape index (κ2) is 8.97. The average molecular weight is 425 g/mol. The molecule has 0 aliphatic rings. The first-order chi connectivity index (χ1) is 14.2. The smallest absolute Gasteiger partial charge is 0.335 e. The van der Waals surface area contributed by atoms with Gasteiger partial charge in [0.1, 0.15) is 11.3 Å². The van der Waals surface area contributed by atoms with Crippen LogP contribution in [0.25, 0.3) is 0 Å². The van der Waals surface area contributed by atoms with Crippen molar-refractivity contribution >= 4 is 23.5 Å². The van der Waals surface area contributed by atoms with Crippen LogP contribution >= 0.6 is 11.6 Å². The summed E-state index contributed by atoms with van der Waals surface area (Å²) in [5.74, 6) is -0.692. The summed E-state index contributed by atoms with van der Waals surface area (Å²) in [6, 6.07) is 13.1. The van der Waals surface area contributed by atoms with Gasteiger partial charge in [-0.25, -0.2) is 9.78 Å². The maximum atomic E-state index is 12.9. The number of benzene rings is 2. The van der Waals surface area contributed by atoms with E-state index in [4.69, 9.17) is 21.4 Å². The van der Waals surface area contributed by atoms with Gasteiger partial charge in [0, 0.05) is 6.20 Å². The van der Waals surface area contributed by atoms with E-state index < -0.39 is 11.9 Å². The number of aromatic nitrogens is 1. The lowest BCUT2D eigenvalue weighted by atomic mass is 10.1. The molecule has 0 saturated carbocycles. The average Bonchev–Trinajstić information content (AvgIpc) is 2.72. The first kappa shape index (κ1) is 21.3. The molecule has 0 aliphatic carbocycles. The Hall–Kier alpha value is -3.38. The molecule has 3 rings (SSSR count). The van der Waals surface area contributed by atoms with Gasteiger partial charge in [0.05, 0.1) is 16.6 Å². The summed E-state index contributed by atoms with van der Waals surface area (Å²) in [6.07, 6.45) is 1.42. The molecule has 1 heterocycles. The SMILES string of the molecule is Cc1ccc(Oc2ncc(Cl)cc2C(=O)N[C@@H](C)c2ccc(C(=O)O)cc2)cc1C. The predicted molar refractivity (Wildman–Crippen MR) is 115 cm³/mol. The zero-order valence-electron chi connectivity index (χ0n) is 16.8. The number of hydrogen-bond acceptors (Lipinski definition) is 4. The number of halogens is 1. The van der Waals surface area contributed by atoms with Gasteiger partial charge in [-0.05, 0) is 67.8 Å². The molecule has 7 heteroatoms. The van der Waals surface area contributed by atoms with Crippen LogP contribution < -0.4 is 10.1 Å². The van der Waals surface area contributed by atoms with Crippen molar-refractivity contribution in [3.8, 4) is 11.6 Å². The van der Waals surface area contributed by atoms with Gasteiger partial charge >= 0.3 is 5.97 Å². The number of carboxylic acids is 1. The highest BCUT2D eigenvalue weighted by molar-refractivity contribution is 6.30. The largest absolute Gasteiger partial charge is 0.478 e. The number of carboxylic acid groups (broad SMARTS) is 1. The quantitative estimate of drug-likeness (QED) is 0.558. The Morgan fingerprint density at radius 1 is 1.07 bits per heavy atom. The fourth-order valence-corrected chi connectivity index (χ4v) is 2.99. The van der Waals surface area contributed by atoms with Crippen LogP contribution in [0.5, 0.6) is 11.6 Å². The van der Waals surface area contributed by atoms with Crippen molar-refractivity contribution in [3.63, 3.8) is 0 Å². The van der Waals surface area contributed by atoms with Gasteiger partial charge in [0.2, 0.25) is 5.88 Å². The van der Waals surface area contributed by atoms with Crippen LogP contribution in [0, 0.1) is 13.8 Å². The Morgan fingerprint density at radius 2 is 1.77 bits per heavy atom. The van der Waals surface area contributed by atoms with Gasteiger partial charge < -0.3 is 15.2 Å². The van der Waals surface area contributed by atoms with Crippen molar-refractivity contribution in [2.45, 2.75) is 26.8 Å². The van der Waals surface area contributed by atoms with Crippen LogP contribution in [0.2, 0.25) is 5.02 Å². The van der Waals surface area contributed by atoms with Gasteiger partial charge in [-0.2, -0.15) is 0 Å². The van der Waals surface area contributed by atoms with E-state index in [1.807, 2.05) is 32.0 Å². The van der Waals surface area contributed by atoms with Crippen LogP contribution in [0.4, 0.5) is 0 Å². The summed E-state index contributed by atoms with van der Waals surface area (Å²) in [6.45, 7) is 5.78. The number of pyridine rings is 1. The molecule has 1 aromatic heterocycles. The summed E-state index contributed by atoms with van der Waals surface area (Å²) < 4.78 is 5.85. The highest BCUT2D eigenvalue weighted by Gasteiger charge is 2.19. The molecule has 6 nitrogen and oxygen atoms in total. The van der Waals surface area contributed by atoms with E-state index in [-0.39, 0.29) is 23.0 Å². The van der Waals surface area contributed by atoms with E-state index in [0.717, 1.165) is 16.7 Å². The number of aryl methyl sites for hydroxylation is 2. The van der Waals surface area contributed by atoms with E-state index in [2.05, 4.69) is 10.3 Å². The molecule has 0 fully saturated rings. The van der Waals surface area contributed by atoms with Crippen LogP contribution in [-0.2, 0) is 0 Å². The zero-order valence-corrected chi connectivity index (χ0v) is 17.5. The lowest BCUT2D eigenvalue weighted by Gasteiger charge is -2.16. The fraction of sp³-hybridized carbons (Fsp3) is 0.174. The molecular weight excluding hydrogens is 404 g/mol. The van der Waals surface area contributed by atoms with Crippen LogP contribution in [0.1, 0.15) is 50.4 Å². The molecule has 0 spiro atoms. The van der Waals surface area contributed by atoms with E-state index in [0.29, 0.717) is 10.8 Å². The number of amides is 1. The number of rotatable bonds is 6. The second-order valence-corrected chi connectivity index (χ2v) is 7.41. The number of carbonyl (C=O) groups is 2. The Kier molecular flexibility index (Phi) is 6.37. The number of carbonyl (C=O) groups excluding carboxylic acids is 1. The van der Waals surface area contributed by atoms with Gasteiger partial charge in [-0.3, -0.25) is 4.79 Å². The second-order valence-electron chi connectivity index (χ2n) is 6.98. The lowest BCUT2D eigenvalue weighted by Crippen LogP contribution is -2.27. The molecule has 0 aliphatic heterocycles. The highest BCUT2D eigenvalue weighted by Crippen LogP contribution is 2.27. The van der Waals surface area contributed by atoms with E-state index in [9.17, 15) is 9.59 Å². The Balaban J connectivity index is 1.81. The monoisotopic (exact) mass is 424 g/mol. The van der Waals surface area contributed by atoms with Crippen molar-refractivity contribution in [2.75, 3.05) is 0 Å².